The van der Waals surface area contributed by atoms with Gasteiger partial charge < -0.3 is 0 Å². The van der Waals surface area contributed by atoms with E-state index in [4.69, 9.17) is 0 Å². The van der Waals surface area contributed by atoms with E-state index < -0.39 is 0 Å². The van der Waals surface area contributed by atoms with Crippen molar-refractivity contribution in [2.24, 2.45) is 15.9 Å². The van der Waals surface area contributed by atoms with Gasteiger partial charge in [0.25, 0.3) is 0 Å². The quantitative estimate of drug-likeness (QED) is 0.514. The fourth-order valence-corrected chi connectivity index (χ4v) is 2.41. The van der Waals surface area contributed by atoms with E-state index in [9.17, 15) is 0 Å². The molecule has 0 spiro atoms. The number of aliphatic imine (C=N–C) groups is 2. The number of amidine groups is 1. The molecule has 0 aliphatic carbocycles. The first-order valence-corrected chi connectivity index (χ1v) is 8.14. The van der Waals surface area contributed by atoms with E-state index in [0.29, 0.717) is 5.92 Å². The number of nitrogens with zero attached hydrogens (tertiary/aromatic N) is 2. The van der Waals surface area contributed by atoms with Gasteiger partial charge in [0, 0.05) is 18.3 Å². The maximum atomic E-state index is 4.65. The number of aryl methyl sites for hydroxylation is 1. The van der Waals surface area contributed by atoms with Gasteiger partial charge >= 0.3 is 0 Å². The second-order valence-corrected chi connectivity index (χ2v) is 6.08. The largest absolute Gasteiger partial charge is 0.270 e. The van der Waals surface area contributed by atoms with E-state index in [1.807, 2.05) is 7.05 Å². The van der Waals surface area contributed by atoms with E-state index in [-0.39, 0.29) is 0 Å². The fraction of sp³-hybridized carbons (Fsp3) is 0.579. The summed E-state index contributed by atoms with van der Waals surface area (Å²) in [5.41, 5.74) is 5.19. The summed E-state index contributed by atoms with van der Waals surface area (Å²) in [6.45, 7) is 11.0. The second kappa shape index (κ2) is 8.76. The van der Waals surface area contributed by atoms with Crippen LogP contribution < -0.4 is 0 Å². The van der Waals surface area contributed by atoms with E-state index in [2.05, 4.69) is 62.8 Å². The van der Waals surface area contributed by atoms with Crippen molar-refractivity contribution >= 4 is 11.5 Å². The molecule has 1 aromatic carbocycles. The molecular weight excluding hydrogens is 256 g/mol. The Hall–Kier alpha value is -1.44. The molecule has 0 saturated heterocycles. The third-order valence-corrected chi connectivity index (χ3v) is 3.63. The van der Waals surface area contributed by atoms with Crippen LogP contribution in [-0.4, -0.2) is 18.6 Å². The van der Waals surface area contributed by atoms with E-state index in [1.54, 1.807) is 0 Å². The molecule has 0 N–H and O–H groups in total. The average Bonchev–Trinajstić information content (AvgIpc) is 2.46. The highest BCUT2D eigenvalue weighted by Gasteiger charge is 2.09. The van der Waals surface area contributed by atoms with Gasteiger partial charge in [-0.3, -0.25) is 4.99 Å². The lowest BCUT2D eigenvalue weighted by molar-refractivity contribution is 0.641. The van der Waals surface area contributed by atoms with Gasteiger partial charge in [0.05, 0.1) is 0 Å². The molecule has 0 aliphatic rings. The van der Waals surface area contributed by atoms with Crippen LogP contribution in [0, 0.1) is 5.92 Å². The van der Waals surface area contributed by atoms with E-state index in [1.165, 1.54) is 17.5 Å². The molecule has 0 aromatic heterocycles. The summed E-state index contributed by atoms with van der Waals surface area (Å²) in [6.07, 6.45) is 4.42. The summed E-state index contributed by atoms with van der Waals surface area (Å²) in [5.74, 6) is 1.51. The highest BCUT2D eigenvalue weighted by molar-refractivity contribution is 6.06. The monoisotopic (exact) mass is 286 g/mol. The van der Waals surface area contributed by atoms with Crippen molar-refractivity contribution in [2.75, 3.05) is 7.05 Å². The Bertz CT molecular complexity index is 510. The molecule has 0 heterocycles. The lowest BCUT2D eigenvalue weighted by Crippen LogP contribution is -2.06. The minimum atomic E-state index is 0.666. The maximum Gasteiger partial charge on any atom is 0.154 e. The van der Waals surface area contributed by atoms with Crippen LogP contribution in [0.15, 0.2) is 28.2 Å². The molecule has 21 heavy (non-hydrogen) atoms. The second-order valence-electron chi connectivity index (χ2n) is 6.08. The first kappa shape index (κ1) is 17.6. The van der Waals surface area contributed by atoms with Gasteiger partial charge in [-0.15, -0.1) is 0 Å². The molecule has 1 rings (SSSR count). The van der Waals surface area contributed by atoms with Gasteiger partial charge in [0.15, 0.2) is 5.84 Å². The molecule has 0 amide bonds. The summed E-state index contributed by atoms with van der Waals surface area (Å²) < 4.78 is 0. The van der Waals surface area contributed by atoms with E-state index in [0.717, 1.165) is 36.4 Å². The van der Waals surface area contributed by atoms with Crippen molar-refractivity contribution in [2.45, 2.75) is 60.3 Å². The van der Waals surface area contributed by atoms with Crippen molar-refractivity contribution in [1.29, 1.82) is 0 Å². The number of rotatable bonds is 6. The number of benzene rings is 1. The smallest absolute Gasteiger partial charge is 0.154 e. The van der Waals surface area contributed by atoms with Crippen LogP contribution in [0.3, 0.4) is 0 Å². The van der Waals surface area contributed by atoms with Gasteiger partial charge in [0.2, 0.25) is 0 Å². The topological polar surface area (TPSA) is 24.7 Å². The maximum absolute atomic E-state index is 4.65. The Morgan fingerprint density at radius 2 is 1.86 bits per heavy atom. The van der Waals surface area contributed by atoms with Crippen LogP contribution in [0.4, 0.5) is 0 Å². The number of hydrogen-bond acceptors (Lipinski definition) is 1. The van der Waals surface area contributed by atoms with Crippen molar-refractivity contribution in [3.05, 3.63) is 34.9 Å². The Labute approximate surface area is 130 Å². The number of hydrogen-bond donors (Lipinski definition) is 0. The highest BCUT2D eigenvalue weighted by atomic mass is 14.9. The van der Waals surface area contributed by atoms with Crippen LogP contribution in [-0.2, 0) is 12.8 Å². The zero-order valence-electron chi connectivity index (χ0n) is 14.5. The van der Waals surface area contributed by atoms with Gasteiger partial charge in [-0.2, -0.15) is 0 Å². The summed E-state index contributed by atoms with van der Waals surface area (Å²) in [4.78, 5) is 9.02. The Kier molecular flexibility index (Phi) is 7.35. The van der Waals surface area contributed by atoms with Crippen LogP contribution in [0.2, 0.25) is 0 Å². The predicted octanol–water partition coefficient (Wildman–Crippen LogP) is 5.08. The molecule has 0 unspecified atom stereocenters. The Morgan fingerprint density at radius 1 is 1.14 bits per heavy atom. The first-order chi connectivity index (χ1) is 10.0. The van der Waals surface area contributed by atoms with E-state index >= 15 is 0 Å². The molecule has 0 bridgehead atoms. The Morgan fingerprint density at radius 3 is 2.38 bits per heavy atom. The first-order valence-electron chi connectivity index (χ1n) is 8.14. The predicted molar refractivity (Wildman–Crippen MR) is 94.8 cm³/mol. The molecule has 2 heteroatoms. The lowest BCUT2D eigenvalue weighted by Gasteiger charge is -2.13. The van der Waals surface area contributed by atoms with Gasteiger partial charge in [-0.25, -0.2) is 4.99 Å². The van der Waals surface area contributed by atoms with Crippen LogP contribution in [0.5, 0.6) is 0 Å². The third kappa shape index (κ3) is 5.45. The van der Waals surface area contributed by atoms with Crippen molar-refractivity contribution in [1.82, 2.24) is 0 Å². The van der Waals surface area contributed by atoms with Crippen LogP contribution in [0.25, 0.3) is 0 Å². The third-order valence-electron chi connectivity index (χ3n) is 3.63. The standard InChI is InChI=1S/C19H30N2/c1-7-9-16-10-11-17(13-18(16)12-14(3)4)19(20-6)21-15(5)8-2/h10-11,13-14H,7-9,12H2,1-6H3. The van der Waals surface area contributed by atoms with Crippen molar-refractivity contribution < 1.29 is 0 Å². The highest BCUT2D eigenvalue weighted by Crippen LogP contribution is 2.19. The van der Waals surface area contributed by atoms with Gasteiger partial charge in [0.1, 0.15) is 0 Å². The molecular formula is C19H30N2. The van der Waals surface area contributed by atoms with Crippen molar-refractivity contribution in [3.63, 3.8) is 0 Å². The summed E-state index contributed by atoms with van der Waals surface area (Å²) in [6, 6.07) is 6.72. The summed E-state index contributed by atoms with van der Waals surface area (Å²) >= 11 is 0. The molecule has 0 aliphatic heterocycles. The molecule has 0 atom stereocenters. The summed E-state index contributed by atoms with van der Waals surface area (Å²) in [7, 11) is 1.82. The molecule has 1 aromatic rings. The lowest BCUT2D eigenvalue weighted by atomic mass is 9.93. The molecule has 0 saturated carbocycles. The minimum absolute atomic E-state index is 0.666. The molecule has 2 nitrogen and oxygen atoms in total. The van der Waals surface area contributed by atoms with Gasteiger partial charge in [-0.05, 0) is 49.3 Å². The summed E-state index contributed by atoms with van der Waals surface area (Å²) in [5, 5.41) is 0. The average molecular weight is 286 g/mol. The molecule has 0 radical (unpaired) electrons. The normalized spacial score (nSPS) is 13.1. The van der Waals surface area contributed by atoms with Crippen LogP contribution in [0.1, 0.15) is 64.2 Å². The van der Waals surface area contributed by atoms with Crippen LogP contribution >= 0.6 is 0 Å². The zero-order chi connectivity index (χ0) is 15.8. The fourth-order valence-electron chi connectivity index (χ4n) is 2.41. The minimum Gasteiger partial charge on any atom is -0.270 e. The van der Waals surface area contributed by atoms with Crippen molar-refractivity contribution in [3.8, 4) is 0 Å². The van der Waals surface area contributed by atoms with Gasteiger partial charge in [-0.1, -0.05) is 46.2 Å². The molecule has 116 valence electrons. The molecule has 0 fully saturated rings. The SMILES string of the molecule is CCCc1ccc(C(N=C(C)CC)=NC)cc1CC(C)C. The zero-order valence-corrected chi connectivity index (χ0v) is 14.5. The Balaban J connectivity index is 3.19.